The first-order valence-corrected chi connectivity index (χ1v) is 21.0. The zero-order chi connectivity index (χ0) is 39.6. The van der Waals surface area contributed by atoms with E-state index in [2.05, 4.69) is 197 Å². The van der Waals surface area contributed by atoms with Gasteiger partial charge in [-0.2, -0.15) is 0 Å². The second-order valence-corrected chi connectivity index (χ2v) is 16.0. The van der Waals surface area contributed by atoms with Crippen LogP contribution in [0, 0.1) is 0 Å². The predicted octanol–water partition coefficient (Wildman–Crippen LogP) is 12.8. The van der Waals surface area contributed by atoms with Crippen molar-refractivity contribution in [3.8, 4) is 39.5 Å². The quantitative estimate of drug-likeness (QED) is 0.169. The Kier molecular flexibility index (Phi) is 8.09. The summed E-state index contributed by atoms with van der Waals surface area (Å²) < 4.78 is 4.92. The lowest BCUT2D eigenvalue weighted by Crippen LogP contribution is -2.30. The number of benzene rings is 7. The minimum Gasteiger partial charge on any atom is -0.313 e. The van der Waals surface area contributed by atoms with Gasteiger partial charge in [0.05, 0.1) is 27.9 Å². The van der Waals surface area contributed by atoms with Crippen molar-refractivity contribution in [1.82, 2.24) is 19.1 Å². The van der Waals surface area contributed by atoms with E-state index in [9.17, 15) is 0 Å². The van der Waals surface area contributed by atoms with E-state index in [1.807, 2.05) is 6.07 Å². The third-order valence-corrected chi connectivity index (χ3v) is 12.5. The number of para-hydroxylation sites is 2. The first-order valence-electron chi connectivity index (χ1n) is 21.0. The van der Waals surface area contributed by atoms with Crippen LogP contribution < -0.4 is 10.6 Å². The van der Waals surface area contributed by atoms with Crippen molar-refractivity contribution in [1.29, 1.82) is 0 Å². The summed E-state index contributed by atoms with van der Waals surface area (Å²) >= 11 is 0. The van der Waals surface area contributed by atoms with Gasteiger partial charge < -0.3 is 9.13 Å². The molecule has 284 valence electrons. The van der Waals surface area contributed by atoms with Crippen molar-refractivity contribution in [2.75, 3.05) is 0 Å². The van der Waals surface area contributed by atoms with E-state index in [1.54, 1.807) is 0 Å². The number of aromatic nitrogens is 4. The Hall–Kier alpha value is -7.56. The summed E-state index contributed by atoms with van der Waals surface area (Å²) in [5.41, 5.74) is 13.9. The van der Waals surface area contributed by atoms with Gasteiger partial charge in [0.15, 0.2) is 5.82 Å². The molecule has 4 nitrogen and oxygen atoms in total. The summed E-state index contributed by atoms with van der Waals surface area (Å²) in [4.78, 5) is 10.3. The summed E-state index contributed by atoms with van der Waals surface area (Å²) in [6, 6.07) is 61.1. The molecular formula is C56H40N4. The van der Waals surface area contributed by atoms with Crippen molar-refractivity contribution in [2.24, 2.45) is 0 Å². The van der Waals surface area contributed by atoms with Gasteiger partial charge >= 0.3 is 0 Å². The van der Waals surface area contributed by atoms with Crippen molar-refractivity contribution in [2.45, 2.75) is 25.7 Å². The van der Waals surface area contributed by atoms with Crippen LogP contribution in [0.3, 0.4) is 0 Å². The molecule has 0 amide bonds. The summed E-state index contributed by atoms with van der Waals surface area (Å²) in [5, 5.41) is 8.93. The van der Waals surface area contributed by atoms with Crippen molar-refractivity contribution in [3.63, 3.8) is 0 Å². The maximum atomic E-state index is 5.19. The van der Waals surface area contributed by atoms with Crippen LogP contribution >= 0.6 is 0 Å². The molecule has 0 saturated heterocycles. The minimum absolute atomic E-state index is 0.749. The molecule has 0 bridgehead atoms. The molecule has 0 spiro atoms. The standard InChI is InChI=1S/C56H40N4/c1-3-14-39(15-4-1)56-57-50(36-51(58-56)43-24-23-37-13-7-8-16-40(37)33-43)38-25-29-45(30-26-38)59-53-22-12-10-20-47(53)49-34-41(28-32-54(49)59)42-27-31-48-46-19-9-11-21-52(46)60(55(48)35-42)44-17-5-2-6-18-44/h1-9,11,13-25,27-29,31-36H,10,12,26,30H2. The molecule has 7 aromatic carbocycles. The molecule has 0 aliphatic heterocycles. The highest BCUT2D eigenvalue weighted by Gasteiger charge is 2.20. The van der Waals surface area contributed by atoms with Crippen LogP contribution in [0.5, 0.6) is 0 Å². The SMILES string of the molecule is C1=C(c2cc(-c3ccc4ccccc4c3)nc(-c3ccccc3)n2)CCC(n2c3c(c4cc(-c5ccc6c7ccccc7n(-c7ccccc7)c6c5)ccc42)=CCCC=3)=C1. The van der Waals surface area contributed by atoms with E-state index >= 15 is 0 Å². The third kappa shape index (κ3) is 5.75. The summed E-state index contributed by atoms with van der Waals surface area (Å²) in [6.45, 7) is 0. The van der Waals surface area contributed by atoms with E-state index in [0.717, 1.165) is 54.0 Å². The van der Waals surface area contributed by atoms with Crippen LogP contribution in [0.2, 0.25) is 0 Å². The van der Waals surface area contributed by atoms with Crippen LogP contribution in [0.4, 0.5) is 0 Å². The second kappa shape index (κ2) is 14.1. The average molecular weight is 769 g/mol. The second-order valence-electron chi connectivity index (χ2n) is 16.0. The smallest absolute Gasteiger partial charge is 0.160 e. The molecule has 12 rings (SSSR count). The van der Waals surface area contributed by atoms with Gasteiger partial charge in [-0.1, -0.05) is 140 Å². The van der Waals surface area contributed by atoms with Gasteiger partial charge in [0, 0.05) is 49.2 Å². The van der Waals surface area contributed by atoms with Crippen molar-refractivity contribution in [3.05, 3.63) is 198 Å². The first kappa shape index (κ1) is 34.5. The number of rotatable bonds is 6. The molecule has 0 saturated carbocycles. The highest BCUT2D eigenvalue weighted by molar-refractivity contribution is 6.10. The van der Waals surface area contributed by atoms with Gasteiger partial charge in [-0.3, -0.25) is 0 Å². The Morgan fingerprint density at radius 1 is 0.417 bits per heavy atom. The maximum absolute atomic E-state index is 5.19. The fourth-order valence-electron chi connectivity index (χ4n) is 9.54. The normalized spacial score (nSPS) is 13.9. The maximum Gasteiger partial charge on any atom is 0.160 e. The topological polar surface area (TPSA) is 35.6 Å². The summed E-state index contributed by atoms with van der Waals surface area (Å²) in [5.74, 6) is 0.749. The number of fused-ring (bicyclic) bond motifs is 7. The number of allylic oxidation sites excluding steroid dienone is 4. The molecule has 0 unspecified atom stereocenters. The molecule has 0 radical (unpaired) electrons. The van der Waals surface area contributed by atoms with Gasteiger partial charge in [0.2, 0.25) is 0 Å². The Bertz CT molecular complexity index is 3530. The molecule has 0 fully saturated rings. The zero-order valence-electron chi connectivity index (χ0n) is 33.1. The monoisotopic (exact) mass is 768 g/mol. The molecule has 3 heterocycles. The molecule has 3 aromatic heterocycles. The number of nitrogens with zero attached hydrogens (tertiary/aromatic N) is 4. The molecule has 60 heavy (non-hydrogen) atoms. The van der Waals surface area contributed by atoms with Gasteiger partial charge in [-0.15, -0.1) is 0 Å². The van der Waals surface area contributed by atoms with Crippen LogP contribution in [0.25, 0.3) is 106 Å². The molecule has 0 atom stereocenters. The van der Waals surface area contributed by atoms with Crippen LogP contribution in [0.15, 0.2) is 182 Å². The molecule has 2 aliphatic carbocycles. The predicted molar refractivity (Wildman–Crippen MR) is 251 cm³/mol. The molecule has 4 heteroatoms. The third-order valence-electron chi connectivity index (χ3n) is 12.5. The van der Waals surface area contributed by atoms with E-state index in [4.69, 9.17) is 9.97 Å². The number of hydrogen-bond donors (Lipinski definition) is 0. The number of hydrogen-bond acceptors (Lipinski definition) is 2. The first-order chi connectivity index (χ1) is 29.7. The van der Waals surface area contributed by atoms with Gasteiger partial charge in [-0.25, -0.2) is 9.97 Å². The van der Waals surface area contributed by atoms with Gasteiger partial charge in [0.1, 0.15) is 0 Å². The Morgan fingerprint density at radius 3 is 1.98 bits per heavy atom. The minimum atomic E-state index is 0.749. The molecule has 10 aromatic rings. The van der Waals surface area contributed by atoms with Gasteiger partial charge in [0.25, 0.3) is 0 Å². The fraction of sp³-hybridized carbons (Fsp3) is 0.0714. The van der Waals surface area contributed by atoms with Crippen LogP contribution in [-0.4, -0.2) is 19.1 Å². The fourth-order valence-corrected chi connectivity index (χ4v) is 9.54. The van der Waals surface area contributed by atoms with Crippen molar-refractivity contribution < 1.29 is 0 Å². The van der Waals surface area contributed by atoms with E-state index in [0.29, 0.717) is 0 Å². The lowest BCUT2D eigenvalue weighted by molar-refractivity contribution is 0.939. The Labute approximate surface area is 348 Å². The molecule has 2 aliphatic rings. The molecule has 0 N–H and O–H groups in total. The van der Waals surface area contributed by atoms with Gasteiger partial charge in [-0.05, 0) is 108 Å². The summed E-state index contributed by atoms with van der Waals surface area (Å²) in [7, 11) is 0. The Balaban J connectivity index is 0.953. The van der Waals surface area contributed by atoms with Crippen LogP contribution in [0.1, 0.15) is 31.4 Å². The average Bonchev–Trinajstić information content (AvgIpc) is 3.84. The lowest BCUT2D eigenvalue weighted by Gasteiger charge is -2.18. The van der Waals surface area contributed by atoms with E-state index < -0.39 is 0 Å². The lowest BCUT2D eigenvalue weighted by atomic mass is 9.97. The van der Waals surface area contributed by atoms with Crippen molar-refractivity contribution >= 4 is 66.9 Å². The summed E-state index contributed by atoms with van der Waals surface area (Å²) in [6.07, 6.45) is 13.4. The highest BCUT2D eigenvalue weighted by Crippen LogP contribution is 2.37. The largest absolute Gasteiger partial charge is 0.313 e. The zero-order valence-corrected chi connectivity index (χ0v) is 33.1. The Morgan fingerprint density at radius 2 is 1.12 bits per heavy atom. The van der Waals surface area contributed by atoms with Crippen LogP contribution in [-0.2, 0) is 0 Å². The molecular weight excluding hydrogens is 729 g/mol. The van der Waals surface area contributed by atoms with E-state index in [1.165, 1.54) is 82.1 Å². The highest BCUT2D eigenvalue weighted by atomic mass is 15.0. The van der Waals surface area contributed by atoms with E-state index in [-0.39, 0.29) is 0 Å².